The van der Waals surface area contributed by atoms with Gasteiger partial charge in [0.05, 0.1) is 4.90 Å². The third-order valence-electron chi connectivity index (χ3n) is 2.51. The predicted octanol–water partition coefficient (Wildman–Crippen LogP) is 2.95. The molecule has 0 aliphatic heterocycles. The van der Waals surface area contributed by atoms with Crippen LogP contribution in [0.1, 0.15) is 5.56 Å². The highest BCUT2D eigenvalue weighted by Gasteiger charge is 2.12. The molecule has 0 bridgehead atoms. The third-order valence-corrected chi connectivity index (χ3v) is 4.02. The summed E-state index contributed by atoms with van der Waals surface area (Å²) in [5.74, 6) is 0. The van der Waals surface area contributed by atoms with E-state index in [1.807, 2.05) is 6.92 Å². The quantitative estimate of drug-likeness (QED) is 0.853. The first kappa shape index (κ1) is 13.9. The molecule has 0 saturated heterocycles. The molecule has 2 aromatic carbocycles. The van der Waals surface area contributed by atoms with E-state index in [2.05, 4.69) is 10.3 Å². The number of anilines is 1. The molecule has 2 rings (SSSR count). The zero-order valence-electron chi connectivity index (χ0n) is 10.2. The maximum Gasteiger partial charge on any atom is 0.257 e. The summed E-state index contributed by atoms with van der Waals surface area (Å²) in [6.07, 6.45) is 0. The van der Waals surface area contributed by atoms with Gasteiger partial charge in [-0.15, -0.1) is 4.83 Å². The molecule has 0 aliphatic carbocycles. The molecule has 4 nitrogen and oxygen atoms in total. The van der Waals surface area contributed by atoms with Crippen molar-refractivity contribution in [2.45, 2.75) is 11.8 Å². The van der Waals surface area contributed by atoms with Crippen molar-refractivity contribution in [1.29, 1.82) is 0 Å². The second-order valence-corrected chi connectivity index (χ2v) is 6.17. The van der Waals surface area contributed by atoms with Gasteiger partial charge in [-0.25, -0.2) is 8.42 Å². The largest absolute Gasteiger partial charge is 0.308 e. The van der Waals surface area contributed by atoms with Crippen LogP contribution >= 0.6 is 11.6 Å². The smallest absolute Gasteiger partial charge is 0.257 e. The van der Waals surface area contributed by atoms with E-state index in [4.69, 9.17) is 11.6 Å². The molecule has 0 aliphatic rings. The molecule has 0 radical (unpaired) electrons. The number of hydrogen-bond acceptors (Lipinski definition) is 3. The summed E-state index contributed by atoms with van der Waals surface area (Å²) in [4.78, 5) is 2.52. The maximum atomic E-state index is 12.0. The lowest BCUT2D eigenvalue weighted by molar-refractivity contribution is 0.587. The average molecular weight is 297 g/mol. The fourth-order valence-electron chi connectivity index (χ4n) is 1.44. The fourth-order valence-corrected chi connectivity index (χ4v) is 2.43. The van der Waals surface area contributed by atoms with Gasteiger partial charge in [-0.3, -0.25) is 0 Å². The van der Waals surface area contributed by atoms with Crippen molar-refractivity contribution in [3.05, 3.63) is 59.1 Å². The van der Waals surface area contributed by atoms with Gasteiger partial charge in [-0.05, 0) is 43.3 Å². The topological polar surface area (TPSA) is 58.2 Å². The summed E-state index contributed by atoms with van der Waals surface area (Å²) < 4.78 is 24.0. The summed E-state index contributed by atoms with van der Waals surface area (Å²) >= 11 is 5.75. The summed E-state index contributed by atoms with van der Waals surface area (Å²) in [6.45, 7) is 1.90. The van der Waals surface area contributed by atoms with Crippen LogP contribution in [0, 0.1) is 6.92 Å². The van der Waals surface area contributed by atoms with Crippen LogP contribution in [-0.4, -0.2) is 8.42 Å². The van der Waals surface area contributed by atoms with Crippen molar-refractivity contribution >= 4 is 27.3 Å². The second kappa shape index (κ2) is 5.61. The zero-order valence-corrected chi connectivity index (χ0v) is 11.8. The number of halogens is 1. The molecular weight excluding hydrogens is 284 g/mol. The number of hydrogen-bond donors (Lipinski definition) is 2. The van der Waals surface area contributed by atoms with Crippen molar-refractivity contribution < 1.29 is 8.42 Å². The number of hydrazine groups is 1. The Morgan fingerprint density at radius 3 is 2.11 bits per heavy atom. The minimum absolute atomic E-state index is 0.208. The Kier molecular flexibility index (Phi) is 4.09. The minimum atomic E-state index is -3.58. The van der Waals surface area contributed by atoms with Crippen LogP contribution in [0.2, 0.25) is 5.02 Å². The first-order valence-corrected chi connectivity index (χ1v) is 7.43. The van der Waals surface area contributed by atoms with Gasteiger partial charge in [0.2, 0.25) is 0 Å². The first-order valence-electron chi connectivity index (χ1n) is 5.57. The van der Waals surface area contributed by atoms with Crippen LogP contribution in [0.4, 0.5) is 5.69 Å². The van der Waals surface area contributed by atoms with Crippen LogP contribution in [0.3, 0.4) is 0 Å². The molecule has 0 aromatic heterocycles. The molecule has 100 valence electrons. The number of benzene rings is 2. The van der Waals surface area contributed by atoms with E-state index < -0.39 is 10.0 Å². The Bertz CT molecular complexity index is 652. The van der Waals surface area contributed by atoms with Crippen molar-refractivity contribution in [2.75, 3.05) is 5.43 Å². The second-order valence-electron chi connectivity index (χ2n) is 4.05. The highest BCUT2D eigenvalue weighted by molar-refractivity contribution is 7.89. The van der Waals surface area contributed by atoms with Gasteiger partial charge >= 0.3 is 0 Å². The molecule has 0 unspecified atom stereocenters. The Morgan fingerprint density at radius 2 is 1.53 bits per heavy atom. The zero-order chi connectivity index (χ0) is 13.9. The summed E-state index contributed by atoms with van der Waals surface area (Å²) in [5.41, 5.74) is 4.24. The average Bonchev–Trinajstić information content (AvgIpc) is 2.39. The van der Waals surface area contributed by atoms with Crippen molar-refractivity contribution in [2.24, 2.45) is 0 Å². The molecule has 2 aromatic rings. The maximum absolute atomic E-state index is 12.0. The Labute approximate surface area is 117 Å². The molecule has 2 N–H and O–H groups in total. The molecule has 0 atom stereocenters. The molecule has 6 heteroatoms. The first-order chi connectivity index (χ1) is 8.97. The Balaban J connectivity index is 2.09. The van der Waals surface area contributed by atoms with E-state index in [1.165, 1.54) is 0 Å². The van der Waals surface area contributed by atoms with Crippen molar-refractivity contribution in [3.63, 3.8) is 0 Å². The standard InChI is InChI=1S/C13H13ClN2O2S/c1-10-2-8-13(9-3-10)19(17,18)16-15-12-6-4-11(14)5-7-12/h2-9,15-16H,1H3. The predicted molar refractivity (Wildman–Crippen MR) is 76.6 cm³/mol. The molecule has 0 amide bonds. The molecule has 0 saturated carbocycles. The van der Waals surface area contributed by atoms with Crippen LogP contribution in [-0.2, 0) is 10.0 Å². The monoisotopic (exact) mass is 296 g/mol. The molecule has 0 heterocycles. The SMILES string of the molecule is Cc1ccc(S(=O)(=O)NNc2ccc(Cl)cc2)cc1. The van der Waals surface area contributed by atoms with Gasteiger partial charge in [0, 0.05) is 10.7 Å². The lowest BCUT2D eigenvalue weighted by atomic mass is 10.2. The van der Waals surface area contributed by atoms with E-state index in [1.54, 1.807) is 48.5 Å². The van der Waals surface area contributed by atoms with Gasteiger partial charge in [-0.2, -0.15) is 0 Å². The van der Waals surface area contributed by atoms with E-state index >= 15 is 0 Å². The van der Waals surface area contributed by atoms with Gasteiger partial charge in [-0.1, -0.05) is 29.3 Å². The number of nitrogens with one attached hydrogen (secondary N) is 2. The van der Waals surface area contributed by atoms with Gasteiger partial charge in [0.1, 0.15) is 0 Å². The lowest BCUT2D eigenvalue weighted by Crippen LogP contribution is -2.29. The van der Waals surface area contributed by atoms with Gasteiger partial charge in [0.25, 0.3) is 10.0 Å². The lowest BCUT2D eigenvalue weighted by Gasteiger charge is -2.09. The number of sulfonamides is 1. The van der Waals surface area contributed by atoms with Crippen LogP contribution in [0.25, 0.3) is 0 Å². The highest BCUT2D eigenvalue weighted by Crippen LogP contribution is 2.14. The van der Waals surface area contributed by atoms with Gasteiger partial charge < -0.3 is 5.43 Å². The van der Waals surface area contributed by atoms with Crippen LogP contribution < -0.4 is 10.3 Å². The number of rotatable bonds is 4. The van der Waals surface area contributed by atoms with Gasteiger partial charge in [0.15, 0.2) is 0 Å². The van der Waals surface area contributed by atoms with Crippen LogP contribution in [0.15, 0.2) is 53.4 Å². The summed E-state index contributed by atoms with van der Waals surface area (Å²) in [5, 5.41) is 0.590. The Morgan fingerprint density at radius 1 is 0.947 bits per heavy atom. The summed E-state index contributed by atoms with van der Waals surface area (Å²) in [7, 11) is -3.58. The van der Waals surface area contributed by atoms with Crippen molar-refractivity contribution in [3.8, 4) is 0 Å². The van der Waals surface area contributed by atoms with E-state index in [9.17, 15) is 8.42 Å². The Hall–Kier alpha value is -1.56. The third kappa shape index (κ3) is 3.70. The normalized spacial score (nSPS) is 11.3. The highest BCUT2D eigenvalue weighted by atomic mass is 35.5. The fraction of sp³-hybridized carbons (Fsp3) is 0.0769. The molecule has 19 heavy (non-hydrogen) atoms. The molecule has 0 spiro atoms. The van der Waals surface area contributed by atoms with Crippen molar-refractivity contribution in [1.82, 2.24) is 4.83 Å². The minimum Gasteiger partial charge on any atom is -0.308 e. The molecule has 0 fully saturated rings. The van der Waals surface area contributed by atoms with E-state index in [0.717, 1.165) is 5.56 Å². The summed E-state index contributed by atoms with van der Waals surface area (Å²) in [6, 6.07) is 13.3. The van der Waals surface area contributed by atoms with Crippen LogP contribution in [0.5, 0.6) is 0 Å². The number of aryl methyl sites for hydroxylation is 1. The molecular formula is C13H13ClN2O2S. The van der Waals surface area contributed by atoms with E-state index in [-0.39, 0.29) is 4.90 Å². The van der Waals surface area contributed by atoms with E-state index in [0.29, 0.717) is 10.7 Å².